The minimum atomic E-state index is -0.501. The molecule has 0 radical (unpaired) electrons. The predicted molar refractivity (Wildman–Crippen MR) is 107 cm³/mol. The lowest BCUT2D eigenvalue weighted by molar-refractivity contribution is -0.384. The van der Waals surface area contributed by atoms with E-state index in [0.717, 1.165) is 25.2 Å². The van der Waals surface area contributed by atoms with Crippen molar-refractivity contribution in [1.82, 2.24) is 4.90 Å². The molecule has 0 spiro atoms. The van der Waals surface area contributed by atoms with Gasteiger partial charge >= 0.3 is 0 Å². The smallest absolute Gasteiger partial charge is 0.270 e. The number of ether oxygens (including phenoxy) is 1. The van der Waals surface area contributed by atoms with Crippen molar-refractivity contribution in [2.45, 2.75) is 39.1 Å². The third-order valence-electron chi connectivity index (χ3n) is 4.74. The minimum Gasteiger partial charge on any atom is -0.380 e. The summed E-state index contributed by atoms with van der Waals surface area (Å²) >= 11 is 0. The van der Waals surface area contributed by atoms with Gasteiger partial charge in [-0.1, -0.05) is 24.3 Å². The van der Waals surface area contributed by atoms with E-state index in [1.165, 1.54) is 17.7 Å². The fraction of sp³-hybridized carbons (Fsp3) is 0.381. The number of hydrogen-bond acceptors (Lipinski definition) is 6. The second-order valence-electron chi connectivity index (χ2n) is 7.22. The van der Waals surface area contributed by atoms with Crippen LogP contribution < -0.4 is 5.32 Å². The Balaban J connectivity index is 1.59. The number of anilines is 1. The van der Waals surface area contributed by atoms with Crippen molar-refractivity contribution in [3.8, 4) is 6.07 Å². The van der Waals surface area contributed by atoms with Gasteiger partial charge in [-0.3, -0.25) is 15.0 Å². The minimum absolute atomic E-state index is 0.0850. The molecule has 146 valence electrons. The molecule has 28 heavy (non-hydrogen) atoms. The van der Waals surface area contributed by atoms with Crippen molar-refractivity contribution in [3.63, 3.8) is 0 Å². The first-order chi connectivity index (χ1) is 13.4. The first-order valence-electron chi connectivity index (χ1n) is 9.32. The number of benzene rings is 2. The molecule has 7 heteroatoms. The van der Waals surface area contributed by atoms with Gasteiger partial charge in [-0.25, -0.2) is 0 Å². The summed E-state index contributed by atoms with van der Waals surface area (Å²) in [7, 11) is 0. The molecule has 2 unspecified atom stereocenters. The van der Waals surface area contributed by atoms with Crippen molar-refractivity contribution >= 4 is 11.4 Å². The SMILES string of the molecule is CC1CN(Cc2ccc(CNc3ccc([N+](=O)[O-])cc3C#N)cc2)CC(C)O1. The molecule has 1 N–H and O–H groups in total. The molecule has 2 atom stereocenters. The summed E-state index contributed by atoms with van der Waals surface area (Å²) in [5, 5.41) is 23.2. The van der Waals surface area contributed by atoms with Crippen LogP contribution in [-0.2, 0) is 17.8 Å². The van der Waals surface area contributed by atoms with E-state index in [-0.39, 0.29) is 23.5 Å². The summed E-state index contributed by atoms with van der Waals surface area (Å²) in [6.07, 6.45) is 0.506. The third-order valence-corrected chi connectivity index (χ3v) is 4.74. The zero-order valence-electron chi connectivity index (χ0n) is 16.1. The first kappa shape index (κ1) is 19.8. The highest BCUT2D eigenvalue weighted by Crippen LogP contribution is 2.22. The molecule has 7 nitrogen and oxygen atoms in total. The molecule has 0 saturated carbocycles. The number of nitro groups is 1. The predicted octanol–water partition coefficient (Wildman–Crippen LogP) is 3.69. The highest BCUT2D eigenvalue weighted by molar-refractivity contribution is 5.61. The lowest BCUT2D eigenvalue weighted by Crippen LogP contribution is -2.44. The van der Waals surface area contributed by atoms with Gasteiger partial charge in [0.15, 0.2) is 0 Å². The van der Waals surface area contributed by atoms with Crippen LogP contribution in [0.15, 0.2) is 42.5 Å². The second-order valence-corrected chi connectivity index (χ2v) is 7.22. The van der Waals surface area contributed by atoms with E-state index in [1.54, 1.807) is 6.07 Å². The van der Waals surface area contributed by atoms with Gasteiger partial charge in [0.05, 0.1) is 28.4 Å². The average Bonchev–Trinajstić information content (AvgIpc) is 2.66. The number of non-ortho nitro benzene ring substituents is 1. The van der Waals surface area contributed by atoms with E-state index in [9.17, 15) is 15.4 Å². The normalized spacial score (nSPS) is 19.8. The van der Waals surface area contributed by atoms with Crippen LogP contribution in [0.3, 0.4) is 0 Å². The third kappa shape index (κ3) is 5.06. The van der Waals surface area contributed by atoms with Gasteiger partial charge in [0.25, 0.3) is 5.69 Å². The summed E-state index contributed by atoms with van der Waals surface area (Å²) in [6.45, 7) is 7.51. The lowest BCUT2D eigenvalue weighted by atomic mass is 10.1. The zero-order chi connectivity index (χ0) is 20.1. The molecule has 0 aliphatic carbocycles. The standard InChI is InChI=1S/C21H24N4O3/c1-15-12-24(13-16(2)28-15)14-18-5-3-17(4-6-18)11-23-21-8-7-20(25(26)27)9-19(21)10-22/h3-9,15-16,23H,11-14H2,1-2H3. The molecule has 1 saturated heterocycles. The van der Waals surface area contributed by atoms with Crippen molar-refractivity contribution in [2.75, 3.05) is 18.4 Å². The number of nitriles is 1. The van der Waals surface area contributed by atoms with Crippen molar-refractivity contribution < 1.29 is 9.66 Å². The van der Waals surface area contributed by atoms with Gasteiger partial charge in [0, 0.05) is 38.3 Å². The summed E-state index contributed by atoms with van der Waals surface area (Å²) in [5.74, 6) is 0. The van der Waals surface area contributed by atoms with Gasteiger partial charge < -0.3 is 10.1 Å². The topological polar surface area (TPSA) is 91.4 Å². The van der Waals surface area contributed by atoms with Crippen molar-refractivity contribution in [2.24, 2.45) is 0 Å². The van der Waals surface area contributed by atoms with E-state index >= 15 is 0 Å². The Hall–Kier alpha value is -2.95. The molecule has 1 heterocycles. The van der Waals surface area contributed by atoms with Crippen LogP contribution in [0.2, 0.25) is 0 Å². The Labute approximate surface area is 164 Å². The molecule has 1 aliphatic heterocycles. The monoisotopic (exact) mass is 380 g/mol. The molecule has 1 aliphatic rings. The number of morpholine rings is 1. The molecular formula is C21H24N4O3. The number of hydrogen-bond donors (Lipinski definition) is 1. The molecule has 0 bridgehead atoms. The van der Waals surface area contributed by atoms with Crippen LogP contribution in [0.4, 0.5) is 11.4 Å². The molecule has 0 aromatic heterocycles. The van der Waals surface area contributed by atoms with Gasteiger partial charge in [-0.2, -0.15) is 5.26 Å². The Kier molecular flexibility index (Phi) is 6.24. The summed E-state index contributed by atoms with van der Waals surface area (Å²) in [6, 6.07) is 14.6. The number of nitrogens with one attached hydrogen (secondary N) is 1. The Morgan fingerprint density at radius 2 is 1.82 bits per heavy atom. The maximum atomic E-state index is 10.8. The second kappa shape index (κ2) is 8.83. The van der Waals surface area contributed by atoms with Crippen molar-refractivity contribution in [3.05, 3.63) is 69.3 Å². The van der Waals surface area contributed by atoms with E-state index in [4.69, 9.17) is 4.74 Å². The molecule has 0 amide bonds. The maximum absolute atomic E-state index is 10.8. The Morgan fingerprint density at radius 1 is 1.18 bits per heavy atom. The fourth-order valence-corrected chi connectivity index (χ4v) is 3.52. The van der Waals surface area contributed by atoms with Gasteiger partial charge in [-0.15, -0.1) is 0 Å². The molecule has 2 aromatic carbocycles. The maximum Gasteiger partial charge on any atom is 0.270 e. The Bertz CT molecular complexity index is 866. The average molecular weight is 380 g/mol. The van der Waals surface area contributed by atoms with E-state index in [0.29, 0.717) is 12.2 Å². The highest BCUT2D eigenvalue weighted by Gasteiger charge is 2.21. The van der Waals surface area contributed by atoms with Gasteiger partial charge in [0.1, 0.15) is 6.07 Å². The number of nitro benzene ring substituents is 1. The van der Waals surface area contributed by atoms with E-state index in [1.807, 2.05) is 6.07 Å². The molecular weight excluding hydrogens is 356 g/mol. The molecule has 2 aromatic rings. The number of rotatable bonds is 6. The largest absolute Gasteiger partial charge is 0.380 e. The lowest BCUT2D eigenvalue weighted by Gasteiger charge is -2.35. The summed E-state index contributed by atoms with van der Waals surface area (Å²) in [4.78, 5) is 12.7. The fourth-order valence-electron chi connectivity index (χ4n) is 3.52. The van der Waals surface area contributed by atoms with Gasteiger partial charge in [0.2, 0.25) is 0 Å². The van der Waals surface area contributed by atoms with Crippen LogP contribution in [0.5, 0.6) is 0 Å². The van der Waals surface area contributed by atoms with Crippen LogP contribution >= 0.6 is 0 Å². The van der Waals surface area contributed by atoms with Crippen LogP contribution in [0, 0.1) is 21.4 Å². The van der Waals surface area contributed by atoms with Crippen LogP contribution in [-0.4, -0.2) is 35.1 Å². The van der Waals surface area contributed by atoms with Gasteiger partial charge in [-0.05, 0) is 31.0 Å². The highest BCUT2D eigenvalue weighted by atomic mass is 16.6. The zero-order valence-corrected chi connectivity index (χ0v) is 16.1. The van der Waals surface area contributed by atoms with Crippen molar-refractivity contribution in [1.29, 1.82) is 5.26 Å². The molecule has 3 rings (SSSR count). The molecule has 1 fully saturated rings. The summed E-state index contributed by atoms with van der Waals surface area (Å²) < 4.78 is 5.78. The summed E-state index contributed by atoms with van der Waals surface area (Å²) in [5.41, 5.74) is 3.10. The van der Waals surface area contributed by atoms with Crippen LogP contribution in [0.1, 0.15) is 30.5 Å². The first-order valence-corrected chi connectivity index (χ1v) is 9.32. The quantitative estimate of drug-likeness (QED) is 0.607. The number of nitrogens with zero attached hydrogens (tertiary/aromatic N) is 3. The Morgan fingerprint density at radius 3 is 2.43 bits per heavy atom. The van der Waals surface area contributed by atoms with Crippen LogP contribution in [0.25, 0.3) is 0 Å². The van der Waals surface area contributed by atoms with E-state index in [2.05, 4.69) is 48.3 Å². The van der Waals surface area contributed by atoms with E-state index < -0.39 is 4.92 Å².